The van der Waals surface area contributed by atoms with E-state index in [2.05, 4.69) is 12.1 Å². The number of nitrogens with zero attached hydrogens (tertiary/aromatic N) is 2. The molecule has 6 heteroatoms. The third-order valence-electron chi connectivity index (χ3n) is 5.02. The van der Waals surface area contributed by atoms with Crippen molar-refractivity contribution in [1.29, 1.82) is 0 Å². The van der Waals surface area contributed by atoms with E-state index >= 15 is 0 Å². The summed E-state index contributed by atoms with van der Waals surface area (Å²) in [6.45, 7) is 0.439. The van der Waals surface area contributed by atoms with Crippen LogP contribution in [-0.4, -0.2) is 24.3 Å². The van der Waals surface area contributed by atoms with Crippen molar-refractivity contribution in [3.8, 4) is 0 Å². The Kier molecular flexibility index (Phi) is 5.24. The average Bonchev–Trinajstić information content (AvgIpc) is 3.20. The molecule has 1 atom stereocenters. The number of sulfonamides is 1. The van der Waals surface area contributed by atoms with Gasteiger partial charge in [-0.15, -0.1) is 0 Å². The second-order valence-corrected chi connectivity index (χ2v) is 8.83. The third kappa shape index (κ3) is 3.84. The number of rotatable bonds is 5. The van der Waals surface area contributed by atoms with Crippen molar-refractivity contribution < 1.29 is 12.8 Å². The molecule has 0 radical (unpaired) electrons. The molecule has 0 unspecified atom stereocenters. The highest BCUT2D eigenvalue weighted by Gasteiger charge is 2.37. The Morgan fingerprint density at radius 2 is 1.71 bits per heavy atom. The van der Waals surface area contributed by atoms with Crippen molar-refractivity contribution in [2.24, 2.45) is 0 Å². The molecule has 144 valence electrons. The molecule has 0 spiro atoms. The fourth-order valence-electron chi connectivity index (χ4n) is 3.65. The van der Waals surface area contributed by atoms with Crippen LogP contribution in [0.25, 0.3) is 0 Å². The maximum absolute atomic E-state index is 13.2. The maximum atomic E-state index is 13.2. The van der Waals surface area contributed by atoms with Crippen LogP contribution >= 0.6 is 0 Å². The van der Waals surface area contributed by atoms with Crippen molar-refractivity contribution in [2.75, 3.05) is 6.54 Å². The van der Waals surface area contributed by atoms with Crippen LogP contribution in [0.4, 0.5) is 4.39 Å². The molecule has 28 heavy (non-hydrogen) atoms. The van der Waals surface area contributed by atoms with Gasteiger partial charge in [0.1, 0.15) is 5.82 Å². The molecule has 3 aromatic rings. The summed E-state index contributed by atoms with van der Waals surface area (Å²) in [5.41, 5.74) is 2.83. The first-order chi connectivity index (χ1) is 13.5. The van der Waals surface area contributed by atoms with E-state index in [1.165, 1.54) is 28.6 Å². The van der Waals surface area contributed by atoms with Crippen molar-refractivity contribution >= 4 is 10.0 Å². The Balaban J connectivity index is 1.61. The number of benzene rings is 2. The summed E-state index contributed by atoms with van der Waals surface area (Å²) in [6, 6.07) is 20.5. The second kappa shape index (κ2) is 7.81. The van der Waals surface area contributed by atoms with Gasteiger partial charge in [-0.05, 0) is 54.8 Å². The Morgan fingerprint density at radius 3 is 2.46 bits per heavy atom. The average molecular weight is 396 g/mol. The van der Waals surface area contributed by atoms with E-state index < -0.39 is 15.8 Å². The molecule has 0 bridgehead atoms. The molecule has 0 amide bonds. The highest BCUT2D eigenvalue weighted by atomic mass is 32.2. The van der Waals surface area contributed by atoms with Gasteiger partial charge in [-0.2, -0.15) is 4.31 Å². The van der Waals surface area contributed by atoms with Crippen LogP contribution < -0.4 is 0 Å². The summed E-state index contributed by atoms with van der Waals surface area (Å²) in [4.78, 5) is 4.87. The van der Waals surface area contributed by atoms with Crippen molar-refractivity contribution in [3.63, 3.8) is 0 Å². The van der Waals surface area contributed by atoms with Gasteiger partial charge < -0.3 is 0 Å². The van der Waals surface area contributed by atoms with E-state index in [4.69, 9.17) is 4.98 Å². The molecule has 4 rings (SSSR count). The third-order valence-corrected chi connectivity index (χ3v) is 6.94. The number of hydrogen-bond acceptors (Lipinski definition) is 3. The Labute approximate surface area is 164 Å². The van der Waals surface area contributed by atoms with Crippen LogP contribution in [0, 0.1) is 5.82 Å². The predicted molar refractivity (Wildman–Crippen MR) is 106 cm³/mol. The van der Waals surface area contributed by atoms with Crippen LogP contribution in [0.15, 0.2) is 77.7 Å². The van der Waals surface area contributed by atoms with E-state index in [1.54, 1.807) is 0 Å². The molecule has 0 aliphatic carbocycles. The normalized spacial score (nSPS) is 17.7. The smallest absolute Gasteiger partial charge is 0.243 e. The van der Waals surface area contributed by atoms with Crippen molar-refractivity contribution in [3.05, 3.63) is 95.6 Å². The van der Waals surface area contributed by atoms with Gasteiger partial charge in [-0.1, -0.05) is 36.4 Å². The van der Waals surface area contributed by atoms with E-state index in [1.807, 2.05) is 36.4 Å². The zero-order valence-corrected chi connectivity index (χ0v) is 16.1. The van der Waals surface area contributed by atoms with E-state index in [0.717, 1.165) is 29.8 Å². The number of hydrogen-bond donors (Lipinski definition) is 0. The number of pyridine rings is 1. The van der Waals surface area contributed by atoms with Gasteiger partial charge in [-0.3, -0.25) is 4.98 Å². The van der Waals surface area contributed by atoms with Crippen LogP contribution in [-0.2, 0) is 16.4 Å². The summed E-state index contributed by atoms with van der Waals surface area (Å²) >= 11 is 0. The highest BCUT2D eigenvalue weighted by Crippen LogP contribution is 2.35. The molecule has 1 saturated heterocycles. The number of halogens is 1. The number of aromatic nitrogens is 1. The maximum Gasteiger partial charge on any atom is 0.243 e. The van der Waals surface area contributed by atoms with Gasteiger partial charge in [0.25, 0.3) is 0 Å². The lowest BCUT2D eigenvalue weighted by Crippen LogP contribution is -2.31. The van der Waals surface area contributed by atoms with Gasteiger partial charge in [0.05, 0.1) is 16.6 Å². The minimum absolute atomic E-state index is 0.112. The second-order valence-electron chi connectivity index (χ2n) is 6.94. The molecule has 2 heterocycles. The van der Waals surface area contributed by atoms with Crippen LogP contribution in [0.3, 0.4) is 0 Å². The van der Waals surface area contributed by atoms with Crippen LogP contribution in [0.1, 0.15) is 35.8 Å². The predicted octanol–water partition coefficient (Wildman–Crippen LogP) is 4.34. The van der Waals surface area contributed by atoms with E-state index in [-0.39, 0.29) is 10.9 Å². The molecule has 1 aromatic heterocycles. The first kappa shape index (κ1) is 18.8. The molecule has 1 aliphatic rings. The minimum atomic E-state index is -3.70. The van der Waals surface area contributed by atoms with Crippen LogP contribution in [0.2, 0.25) is 0 Å². The molecule has 0 saturated carbocycles. The fraction of sp³-hybridized carbons (Fsp3) is 0.227. The first-order valence-corrected chi connectivity index (χ1v) is 10.8. The molecule has 1 aliphatic heterocycles. The lowest BCUT2D eigenvalue weighted by Gasteiger charge is -2.24. The summed E-state index contributed by atoms with van der Waals surface area (Å²) in [5.74, 6) is -0.452. The fourth-order valence-corrected chi connectivity index (χ4v) is 5.32. The summed E-state index contributed by atoms with van der Waals surface area (Å²) < 4.78 is 40.9. The topological polar surface area (TPSA) is 50.3 Å². The van der Waals surface area contributed by atoms with Crippen LogP contribution in [0.5, 0.6) is 0 Å². The zero-order chi connectivity index (χ0) is 19.6. The SMILES string of the molecule is O=S(=O)(c1ccc(F)cc1)N1CCC[C@@H]1c1cccc(Cc2ccccc2)n1. The lowest BCUT2D eigenvalue weighted by atomic mass is 10.1. The molecule has 1 fully saturated rings. The van der Waals surface area contributed by atoms with Crippen molar-refractivity contribution in [1.82, 2.24) is 9.29 Å². The molecular weight excluding hydrogens is 375 g/mol. The molecule has 2 aromatic carbocycles. The largest absolute Gasteiger partial charge is 0.256 e. The zero-order valence-electron chi connectivity index (χ0n) is 15.3. The van der Waals surface area contributed by atoms with Gasteiger partial charge in [0.2, 0.25) is 10.0 Å². The van der Waals surface area contributed by atoms with Gasteiger partial charge in [-0.25, -0.2) is 12.8 Å². The van der Waals surface area contributed by atoms with Crippen molar-refractivity contribution in [2.45, 2.75) is 30.2 Å². The Bertz CT molecular complexity index is 1050. The van der Waals surface area contributed by atoms with E-state index in [0.29, 0.717) is 13.0 Å². The molecule has 0 N–H and O–H groups in total. The monoisotopic (exact) mass is 396 g/mol. The summed E-state index contributed by atoms with van der Waals surface area (Å²) in [7, 11) is -3.70. The quantitative estimate of drug-likeness (QED) is 0.645. The van der Waals surface area contributed by atoms with Gasteiger partial charge >= 0.3 is 0 Å². The Morgan fingerprint density at radius 1 is 0.964 bits per heavy atom. The lowest BCUT2D eigenvalue weighted by molar-refractivity contribution is 0.390. The molecular formula is C22H21FN2O2S. The Hall–Kier alpha value is -2.57. The first-order valence-electron chi connectivity index (χ1n) is 9.31. The highest BCUT2D eigenvalue weighted by molar-refractivity contribution is 7.89. The molecule has 4 nitrogen and oxygen atoms in total. The van der Waals surface area contributed by atoms with E-state index in [9.17, 15) is 12.8 Å². The van der Waals surface area contributed by atoms with Gasteiger partial charge in [0, 0.05) is 18.7 Å². The minimum Gasteiger partial charge on any atom is -0.256 e. The summed E-state index contributed by atoms with van der Waals surface area (Å²) in [5, 5.41) is 0. The standard InChI is InChI=1S/C22H21FN2O2S/c23-18-11-13-20(14-12-18)28(26,27)25-15-5-10-22(25)21-9-4-8-19(24-21)16-17-6-2-1-3-7-17/h1-4,6-9,11-14,22H,5,10,15-16H2/t22-/m1/s1. The van der Waals surface area contributed by atoms with Gasteiger partial charge in [0.15, 0.2) is 0 Å². The summed E-state index contributed by atoms with van der Waals surface area (Å²) in [6.07, 6.45) is 2.20.